The third-order valence-electron chi connectivity index (χ3n) is 12.0. The fraction of sp³-hybridized carbons (Fsp3) is 0.538. The van der Waals surface area contributed by atoms with Crippen molar-refractivity contribution < 1.29 is 51.7 Å². The number of hydrogen-bond acceptors (Lipinski definition) is 19. The van der Waals surface area contributed by atoms with E-state index in [1.54, 1.807) is 39.5 Å². The molecule has 2 fully saturated rings. The predicted molar refractivity (Wildman–Crippen MR) is 284 cm³/mol. The summed E-state index contributed by atoms with van der Waals surface area (Å²) in [5, 5.41) is 9.51. The lowest BCUT2D eigenvalue weighted by molar-refractivity contribution is -0.146. The van der Waals surface area contributed by atoms with Crippen molar-refractivity contribution in [2.45, 2.75) is 168 Å². The molecule has 0 aromatic carbocycles. The number of thiazole rings is 1. The van der Waals surface area contributed by atoms with Crippen LogP contribution in [-0.2, 0) is 52.8 Å². The van der Waals surface area contributed by atoms with Crippen LogP contribution in [0.3, 0.4) is 0 Å². The van der Waals surface area contributed by atoms with Gasteiger partial charge in [-0.05, 0) is 118 Å². The van der Waals surface area contributed by atoms with E-state index in [1.807, 2.05) is 20.8 Å². The second-order valence-corrected chi connectivity index (χ2v) is 21.6. The number of nitrogens with zero attached hydrogens (tertiary/aromatic N) is 9. The van der Waals surface area contributed by atoms with Crippen LogP contribution in [0.15, 0.2) is 49.3 Å². The van der Waals surface area contributed by atoms with Crippen LogP contribution in [0.4, 0.5) is 35.7 Å². The fourth-order valence-electron chi connectivity index (χ4n) is 8.84. The van der Waals surface area contributed by atoms with Gasteiger partial charge in [-0.2, -0.15) is 0 Å². The number of esters is 2. The van der Waals surface area contributed by atoms with E-state index < -0.39 is 59.0 Å². The molecule has 2 saturated heterocycles. The monoisotopic (exact) mass is 1110 g/mol. The first kappa shape index (κ1) is 59.3. The molecule has 4 unspecified atom stereocenters. The van der Waals surface area contributed by atoms with Gasteiger partial charge in [0.15, 0.2) is 16.8 Å². The van der Waals surface area contributed by atoms with E-state index in [9.17, 15) is 32.8 Å². The second kappa shape index (κ2) is 27.4. The van der Waals surface area contributed by atoms with Gasteiger partial charge in [-0.3, -0.25) is 24.4 Å². The minimum absolute atomic E-state index is 0.00169. The molecule has 7 rings (SSSR count). The number of halogens is 3. The smallest absolute Gasteiger partial charge is 0.410 e. The highest BCUT2D eigenvalue weighted by Gasteiger charge is 2.41. The van der Waals surface area contributed by atoms with Crippen molar-refractivity contribution in [3.05, 3.63) is 82.5 Å². The average Bonchev–Trinajstić information content (AvgIpc) is 3.78. The number of likely N-dealkylation sites (tertiary alicyclic amines) is 2. The summed E-state index contributed by atoms with van der Waals surface area (Å²) in [6, 6.07) is 4.14. The Bertz CT molecular complexity index is 2840. The number of amides is 3. The number of nitrogens with one attached hydrogen (secondary N) is 3. The summed E-state index contributed by atoms with van der Waals surface area (Å²) >= 11 is 7.68. The Morgan fingerprint density at radius 1 is 0.675 bits per heavy atom. The molecule has 4 atom stereocenters. The minimum atomic E-state index is -0.766. The van der Waals surface area contributed by atoms with Crippen LogP contribution in [0.5, 0.6) is 0 Å². The number of ether oxygens (including phenoxy) is 4. The second-order valence-electron chi connectivity index (χ2n) is 20.2. The first-order valence-corrected chi connectivity index (χ1v) is 26.7. The topological polar surface area (TPSA) is 255 Å². The Labute approximate surface area is 455 Å². The predicted octanol–water partition coefficient (Wildman–Crippen LogP) is 9.60. The summed E-state index contributed by atoms with van der Waals surface area (Å²) in [6.07, 6.45) is 9.24. The number of hydrogen-bond donors (Lipinski definition) is 3. The number of piperidine rings is 2. The molecular weight excluding hydrogens is 1040 g/mol. The number of rotatable bonds is 17. The molecule has 2 aliphatic heterocycles. The number of aromatic nitrogens is 7. The van der Waals surface area contributed by atoms with Crippen molar-refractivity contribution in [1.82, 2.24) is 44.7 Å². The van der Waals surface area contributed by atoms with Crippen molar-refractivity contribution in [2.24, 2.45) is 0 Å². The van der Waals surface area contributed by atoms with Gasteiger partial charge in [-0.15, -0.1) is 0 Å². The molecule has 0 bridgehead atoms. The molecule has 0 saturated carbocycles. The van der Waals surface area contributed by atoms with E-state index in [0.717, 1.165) is 17.8 Å². The highest BCUT2D eigenvalue weighted by atomic mass is 35.5. The fourth-order valence-corrected chi connectivity index (χ4v) is 10.00. The zero-order chi connectivity index (χ0) is 55.9. The third kappa shape index (κ3) is 17.5. The number of carbonyl (C=O) groups is 5. The summed E-state index contributed by atoms with van der Waals surface area (Å²) < 4.78 is 49.6. The number of pyridine rings is 2. The van der Waals surface area contributed by atoms with Gasteiger partial charge in [0.1, 0.15) is 51.5 Å². The Hall–Kier alpha value is -6.95. The van der Waals surface area contributed by atoms with Gasteiger partial charge >= 0.3 is 24.1 Å². The molecule has 0 spiro atoms. The molecule has 25 heteroatoms. The summed E-state index contributed by atoms with van der Waals surface area (Å²) in [5.74, 6) is -1.43. The summed E-state index contributed by atoms with van der Waals surface area (Å²) in [6.45, 7) is 14.9. The number of carbonyl (C=O) groups excluding carboxylic acids is 5. The van der Waals surface area contributed by atoms with E-state index in [0.29, 0.717) is 48.3 Å². The van der Waals surface area contributed by atoms with Gasteiger partial charge in [0, 0.05) is 49.4 Å². The highest BCUT2D eigenvalue weighted by molar-refractivity contribution is 7.18. The zero-order valence-electron chi connectivity index (χ0n) is 44.6. The Morgan fingerprint density at radius 2 is 1.16 bits per heavy atom. The van der Waals surface area contributed by atoms with Gasteiger partial charge in [0.2, 0.25) is 5.91 Å². The maximum absolute atomic E-state index is 14.0. The van der Waals surface area contributed by atoms with Crippen LogP contribution in [0.25, 0.3) is 10.3 Å². The van der Waals surface area contributed by atoms with E-state index in [-0.39, 0.29) is 91.7 Å². The normalized spacial score (nSPS) is 17.6. The molecule has 7 heterocycles. The molecule has 77 heavy (non-hydrogen) atoms. The molecule has 5 aromatic heterocycles. The summed E-state index contributed by atoms with van der Waals surface area (Å²) in [7, 11) is 0. The quantitative estimate of drug-likeness (QED) is 0.0445. The van der Waals surface area contributed by atoms with Crippen LogP contribution >= 0.6 is 22.9 Å². The van der Waals surface area contributed by atoms with Crippen molar-refractivity contribution in [3.63, 3.8) is 0 Å². The first-order valence-electron chi connectivity index (χ1n) is 25.5. The standard InChI is InChI=1S/C26H34ClFN6O5.C26H33FN6O4S/c1-5-38-21(36)13-17-9-6-8-16(34(17)25(37)39-26(2,3)4)12-20(35)33-22-23(27)31-15-32-24(22)30-14-19-18(28)10-7-11-29-19;1-5-36-21(34)13-17-9-6-8-16(33(17)25(35)37-26(2,3)4)12-20-32-22-23(30-15-31-24(22)38-20)29-14-19-18(27)10-7-11-28-19/h7,10-11,15-17H,5-6,8-9,12-14H2,1-4H3,(H,33,35)(H,30,31,32);7,10-11,15-17H,5-6,8-9,12-14H2,1-4H3,(H,29,30,31). The maximum Gasteiger partial charge on any atom is 0.410 e. The third-order valence-corrected chi connectivity index (χ3v) is 13.3. The summed E-state index contributed by atoms with van der Waals surface area (Å²) in [5.41, 5.74) is -0.315. The van der Waals surface area contributed by atoms with Crippen molar-refractivity contribution >= 4 is 80.6 Å². The SMILES string of the molecule is CCOC(=O)CC1CCCC(CC(=O)Nc2c(Cl)ncnc2NCc2ncccc2F)N1C(=O)OC(C)(C)C.CCOC(=O)CC1CCCC(Cc2nc3c(NCc4ncccc4F)ncnc3s2)N1C(=O)OC(C)(C)C. The largest absolute Gasteiger partial charge is 0.466 e. The molecular formula is C52H67ClF2N12O9S. The van der Waals surface area contributed by atoms with E-state index in [1.165, 1.54) is 65.6 Å². The van der Waals surface area contributed by atoms with Crippen LogP contribution in [-0.4, -0.2) is 123 Å². The zero-order valence-corrected chi connectivity index (χ0v) is 46.1. The van der Waals surface area contributed by atoms with Crippen LogP contribution in [0.2, 0.25) is 5.15 Å². The van der Waals surface area contributed by atoms with Crippen molar-refractivity contribution in [3.8, 4) is 0 Å². The van der Waals surface area contributed by atoms with Crippen LogP contribution in [0, 0.1) is 11.6 Å². The van der Waals surface area contributed by atoms with Gasteiger partial charge in [0.25, 0.3) is 0 Å². The van der Waals surface area contributed by atoms with Gasteiger partial charge < -0.3 is 44.7 Å². The highest BCUT2D eigenvalue weighted by Crippen LogP contribution is 2.34. The number of fused-ring (bicyclic) bond motifs is 1. The molecule has 21 nitrogen and oxygen atoms in total. The Balaban J connectivity index is 0.000000250. The molecule has 0 radical (unpaired) electrons. The van der Waals surface area contributed by atoms with Gasteiger partial charge in [-0.25, -0.2) is 43.3 Å². The Morgan fingerprint density at radius 3 is 1.68 bits per heavy atom. The lowest BCUT2D eigenvalue weighted by Crippen LogP contribution is -2.53. The van der Waals surface area contributed by atoms with Crippen molar-refractivity contribution in [1.29, 1.82) is 0 Å². The van der Waals surface area contributed by atoms with E-state index in [4.69, 9.17) is 35.5 Å². The van der Waals surface area contributed by atoms with E-state index in [2.05, 4.69) is 45.9 Å². The number of anilines is 3. The Kier molecular flexibility index (Phi) is 21.1. The van der Waals surface area contributed by atoms with Gasteiger partial charge in [0.05, 0.1) is 55.5 Å². The molecule has 3 N–H and O–H groups in total. The van der Waals surface area contributed by atoms with Crippen LogP contribution in [0.1, 0.15) is 130 Å². The van der Waals surface area contributed by atoms with Gasteiger partial charge in [-0.1, -0.05) is 22.9 Å². The average molecular weight is 1110 g/mol. The minimum Gasteiger partial charge on any atom is -0.466 e. The van der Waals surface area contributed by atoms with Crippen molar-refractivity contribution in [2.75, 3.05) is 29.2 Å². The van der Waals surface area contributed by atoms with Crippen LogP contribution < -0.4 is 16.0 Å². The lowest BCUT2D eigenvalue weighted by atomic mass is 9.92. The summed E-state index contributed by atoms with van der Waals surface area (Å²) in [4.78, 5) is 97.7. The molecule has 0 aliphatic carbocycles. The lowest BCUT2D eigenvalue weighted by Gasteiger charge is -2.42. The molecule has 2 aliphatic rings. The van der Waals surface area contributed by atoms with E-state index >= 15 is 0 Å². The maximum atomic E-state index is 14.0. The molecule has 5 aromatic rings. The first-order chi connectivity index (χ1) is 36.6. The molecule has 3 amide bonds. The molecule has 416 valence electrons.